The number of hydrogen-bond acceptors (Lipinski definition) is 5. The minimum absolute atomic E-state index is 0.0621. The summed E-state index contributed by atoms with van der Waals surface area (Å²) in [4.78, 5) is 25.2. The largest absolute Gasteiger partial charge is 0.378 e. The summed E-state index contributed by atoms with van der Waals surface area (Å²) >= 11 is 0. The Morgan fingerprint density at radius 1 is 1.20 bits per heavy atom. The van der Waals surface area contributed by atoms with Crippen LogP contribution in [0.4, 0.5) is 11.6 Å². The lowest BCUT2D eigenvalue weighted by Crippen LogP contribution is -2.10. The second kappa shape index (κ2) is 4.69. The van der Waals surface area contributed by atoms with Gasteiger partial charge in [0, 0.05) is 5.69 Å². The third-order valence-electron chi connectivity index (χ3n) is 2.94. The van der Waals surface area contributed by atoms with Crippen LogP contribution in [0.25, 0.3) is 11.2 Å². The van der Waals surface area contributed by atoms with Crippen molar-refractivity contribution in [1.82, 2.24) is 19.9 Å². The van der Waals surface area contributed by atoms with Crippen molar-refractivity contribution < 1.29 is 0 Å². The maximum absolute atomic E-state index is 11.7. The monoisotopic (exact) mass is 270 g/mol. The minimum atomic E-state index is -0.318. The summed E-state index contributed by atoms with van der Waals surface area (Å²) in [6.45, 7) is 2.50. The molecule has 7 nitrogen and oxygen atoms in total. The number of H-pyrrole nitrogens is 2. The molecular formula is C13H14N6O. The van der Waals surface area contributed by atoms with E-state index in [1.54, 1.807) is 0 Å². The number of aromatic nitrogens is 4. The van der Waals surface area contributed by atoms with E-state index in [9.17, 15) is 4.79 Å². The first-order valence-electron chi connectivity index (χ1n) is 6.17. The number of aromatic amines is 2. The molecule has 102 valence electrons. The van der Waals surface area contributed by atoms with E-state index in [1.807, 2.05) is 31.2 Å². The van der Waals surface area contributed by atoms with Gasteiger partial charge in [-0.05, 0) is 19.1 Å². The molecule has 1 aromatic carbocycles. The second-order valence-electron chi connectivity index (χ2n) is 4.55. The first kappa shape index (κ1) is 12.2. The Labute approximate surface area is 114 Å². The number of aryl methyl sites for hydroxylation is 1. The quantitative estimate of drug-likeness (QED) is 0.570. The Bertz CT molecular complexity index is 802. The number of nitrogens with one attached hydrogen (secondary N) is 3. The van der Waals surface area contributed by atoms with E-state index in [4.69, 9.17) is 5.73 Å². The molecule has 0 radical (unpaired) electrons. The van der Waals surface area contributed by atoms with E-state index in [0.29, 0.717) is 23.5 Å². The van der Waals surface area contributed by atoms with Crippen LogP contribution in [0, 0.1) is 6.92 Å². The van der Waals surface area contributed by atoms with Crippen molar-refractivity contribution in [3.63, 3.8) is 0 Å². The molecule has 0 unspecified atom stereocenters. The maximum Gasteiger partial charge on any atom is 0.278 e. The standard InChI is InChI=1S/C13H14N6O/c1-7-2-4-8(5-3-7)15-6-9-16-10-11(17-9)18-13(14)19-12(10)20/h2-5,15H,6H2,1H3,(H4,14,16,17,18,19,20). The SMILES string of the molecule is Cc1ccc(NCc2nc3nc(N)[nH]c(=O)c3[nH]2)cc1. The summed E-state index contributed by atoms with van der Waals surface area (Å²) in [6.07, 6.45) is 0. The first-order chi connectivity index (χ1) is 9.61. The molecule has 0 bridgehead atoms. The van der Waals surface area contributed by atoms with E-state index in [0.717, 1.165) is 5.69 Å². The third kappa shape index (κ3) is 2.33. The zero-order chi connectivity index (χ0) is 14.1. The number of anilines is 2. The van der Waals surface area contributed by atoms with Gasteiger partial charge < -0.3 is 16.0 Å². The van der Waals surface area contributed by atoms with Gasteiger partial charge in [0.15, 0.2) is 11.2 Å². The van der Waals surface area contributed by atoms with Gasteiger partial charge in [-0.3, -0.25) is 9.78 Å². The van der Waals surface area contributed by atoms with Crippen molar-refractivity contribution in [2.24, 2.45) is 0 Å². The van der Waals surface area contributed by atoms with Crippen LogP contribution >= 0.6 is 0 Å². The zero-order valence-electron chi connectivity index (χ0n) is 10.9. The Morgan fingerprint density at radius 2 is 1.95 bits per heavy atom. The molecular weight excluding hydrogens is 256 g/mol. The predicted molar refractivity (Wildman–Crippen MR) is 77.4 cm³/mol. The molecule has 3 rings (SSSR count). The Kier molecular flexibility index (Phi) is 2.86. The van der Waals surface area contributed by atoms with Crippen LogP contribution in [-0.2, 0) is 6.54 Å². The van der Waals surface area contributed by atoms with Gasteiger partial charge in [-0.15, -0.1) is 0 Å². The maximum atomic E-state index is 11.7. The Morgan fingerprint density at radius 3 is 2.70 bits per heavy atom. The fourth-order valence-corrected chi connectivity index (χ4v) is 1.91. The van der Waals surface area contributed by atoms with E-state index in [-0.39, 0.29) is 11.5 Å². The number of imidazole rings is 1. The van der Waals surface area contributed by atoms with Crippen LogP contribution in [0.1, 0.15) is 11.4 Å². The van der Waals surface area contributed by atoms with Gasteiger partial charge in [0.2, 0.25) is 5.95 Å². The molecule has 20 heavy (non-hydrogen) atoms. The van der Waals surface area contributed by atoms with Gasteiger partial charge >= 0.3 is 0 Å². The molecule has 0 saturated carbocycles. The molecule has 2 heterocycles. The Balaban J connectivity index is 1.83. The molecule has 0 atom stereocenters. The average molecular weight is 270 g/mol. The summed E-state index contributed by atoms with van der Waals surface area (Å²) in [5.74, 6) is 0.691. The van der Waals surface area contributed by atoms with Crippen LogP contribution in [0.15, 0.2) is 29.1 Å². The highest BCUT2D eigenvalue weighted by molar-refractivity contribution is 5.70. The molecule has 2 aromatic heterocycles. The van der Waals surface area contributed by atoms with Gasteiger partial charge in [0.25, 0.3) is 5.56 Å². The van der Waals surface area contributed by atoms with Gasteiger partial charge in [-0.25, -0.2) is 4.98 Å². The highest BCUT2D eigenvalue weighted by Crippen LogP contribution is 2.11. The van der Waals surface area contributed by atoms with Crippen molar-refractivity contribution >= 4 is 22.8 Å². The summed E-state index contributed by atoms with van der Waals surface area (Å²) in [7, 11) is 0. The van der Waals surface area contributed by atoms with Crippen LogP contribution in [0.2, 0.25) is 0 Å². The number of rotatable bonds is 3. The number of nitrogens with two attached hydrogens (primary N) is 1. The molecule has 0 aliphatic rings. The van der Waals surface area contributed by atoms with Crippen molar-refractivity contribution in [3.05, 3.63) is 46.0 Å². The lowest BCUT2D eigenvalue weighted by atomic mass is 10.2. The molecule has 0 fully saturated rings. The topological polar surface area (TPSA) is 112 Å². The number of nitrogen functional groups attached to an aromatic ring is 1. The molecule has 0 aliphatic carbocycles. The van der Waals surface area contributed by atoms with Crippen LogP contribution in [-0.4, -0.2) is 19.9 Å². The molecule has 0 amide bonds. The highest BCUT2D eigenvalue weighted by Gasteiger charge is 2.08. The molecule has 5 N–H and O–H groups in total. The molecule has 3 aromatic rings. The minimum Gasteiger partial charge on any atom is -0.378 e. The third-order valence-corrected chi connectivity index (χ3v) is 2.94. The van der Waals surface area contributed by atoms with Crippen LogP contribution < -0.4 is 16.6 Å². The summed E-state index contributed by atoms with van der Waals surface area (Å²) in [5, 5.41) is 3.22. The first-order valence-corrected chi connectivity index (χ1v) is 6.17. The smallest absolute Gasteiger partial charge is 0.278 e. The van der Waals surface area contributed by atoms with Crippen LogP contribution in [0.5, 0.6) is 0 Å². The van der Waals surface area contributed by atoms with E-state index < -0.39 is 0 Å². The number of benzene rings is 1. The van der Waals surface area contributed by atoms with Crippen LogP contribution in [0.3, 0.4) is 0 Å². The number of hydrogen-bond donors (Lipinski definition) is 4. The van der Waals surface area contributed by atoms with Crippen molar-refractivity contribution in [2.75, 3.05) is 11.1 Å². The van der Waals surface area contributed by atoms with Crippen molar-refractivity contribution in [3.8, 4) is 0 Å². The van der Waals surface area contributed by atoms with Gasteiger partial charge in [0.05, 0.1) is 6.54 Å². The molecule has 0 spiro atoms. The molecule has 0 saturated heterocycles. The Hall–Kier alpha value is -2.83. The zero-order valence-corrected chi connectivity index (χ0v) is 10.9. The van der Waals surface area contributed by atoms with E-state index in [2.05, 4.69) is 25.3 Å². The fourth-order valence-electron chi connectivity index (χ4n) is 1.91. The summed E-state index contributed by atoms with van der Waals surface area (Å²) in [5.41, 5.74) is 8.00. The summed E-state index contributed by atoms with van der Waals surface area (Å²) < 4.78 is 0. The second-order valence-corrected chi connectivity index (χ2v) is 4.55. The van der Waals surface area contributed by atoms with Gasteiger partial charge in [-0.1, -0.05) is 17.7 Å². The van der Waals surface area contributed by atoms with Gasteiger partial charge in [-0.2, -0.15) is 4.98 Å². The number of nitrogens with zero attached hydrogens (tertiary/aromatic N) is 2. The summed E-state index contributed by atoms with van der Waals surface area (Å²) in [6, 6.07) is 8.02. The van der Waals surface area contributed by atoms with Crippen molar-refractivity contribution in [1.29, 1.82) is 0 Å². The predicted octanol–water partition coefficient (Wildman–Crippen LogP) is 1.15. The van der Waals surface area contributed by atoms with Crippen molar-refractivity contribution in [2.45, 2.75) is 13.5 Å². The molecule has 7 heteroatoms. The molecule has 0 aliphatic heterocycles. The number of fused-ring (bicyclic) bond motifs is 1. The fraction of sp³-hybridized carbons (Fsp3) is 0.154. The van der Waals surface area contributed by atoms with Gasteiger partial charge in [0.1, 0.15) is 5.82 Å². The van der Waals surface area contributed by atoms with E-state index >= 15 is 0 Å². The lowest BCUT2D eigenvalue weighted by molar-refractivity contribution is 1.01. The lowest BCUT2D eigenvalue weighted by Gasteiger charge is -2.04. The van der Waals surface area contributed by atoms with E-state index in [1.165, 1.54) is 5.56 Å². The normalized spacial score (nSPS) is 10.8. The highest BCUT2D eigenvalue weighted by atomic mass is 16.1. The average Bonchev–Trinajstić information content (AvgIpc) is 2.81.